The number of ether oxygens (including phenoxy) is 1. The minimum Gasteiger partial charge on any atom is -0.433 e. The monoisotopic (exact) mass is 434 g/mol. The number of aromatic nitrogens is 2. The van der Waals surface area contributed by atoms with Gasteiger partial charge in [-0.2, -0.15) is 13.9 Å². The van der Waals surface area contributed by atoms with Gasteiger partial charge in [0.05, 0.1) is 17.3 Å². The molecule has 0 saturated heterocycles. The lowest BCUT2D eigenvalue weighted by atomic mass is 10.2. The van der Waals surface area contributed by atoms with Crippen LogP contribution in [-0.4, -0.2) is 22.4 Å². The molecule has 9 heteroatoms. The average molecular weight is 435 g/mol. The Bertz CT molecular complexity index is 1030. The summed E-state index contributed by atoms with van der Waals surface area (Å²) in [6.07, 6.45) is 0. The number of amides is 2. The number of halogens is 3. The molecule has 3 aromatic rings. The smallest absolute Gasteiger partial charge is 0.387 e. The Morgan fingerprint density at radius 2 is 1.93 bits per heavy atom. The number of carbonyl (C=O) groups excluding carboxylic acids is 1. The second-order valence-corrected chi connectivity index (χ2v) is 7.03. The minimum absolute atomic E-state index is 0.0259. The van der Waals surface area contributed by atoms with Crippen molar-refractivity contribution in [2.24, 2.45) is 0 Å². The van der Waals surface area contributed by atoms with E-state index in [1.54, 1.807) is 0 Å². The summed E-state index contributed by atoms with van der Waals surface area (Å²) in [7, 11) is 0. The first kappa shape index (κ1) is 21.6. The molecule has 1 heterocycles. The normalized spacial score (nSPS) is 10.9. The van der Waals surface area contributed by atoms with Crippen molar-refractivity contribution >= 4 is 23.3 Å². The van der Waals surface area contributed by atoms with E-state index in [0.29, 0.717) is 18.8 Å². The van der Waals surface area contributed by atoms with E-state index in [2.05, 4.69) is 20.5 Å². The molecule has 6 nitrogen and oxygen atoms in total. The Kier molecular flexibility index (Phi) is 6.89. The summed E-state index contributed by atoms with van der Waals surface area (Å²) in [6, 6.07) is 13.6. The van der Waals surface area contributed by atoms with Gasteiger partial charge in [-0.1, -0.05) is 41.9 Å². The summed E-state index contributed by atoms with van der Waals surface area (Å²) in [4.78, 5) is 12.2. The first-order valence-electron chi connectivity index (χ1n) is 9.19. The fourth-order valence-corrected chi connectivity index (χ4v) is 3.24. The van der Waals surface area contributed by atoms with Crippen LogP contribution >= 0.6 is 11.6 Å². The zero-order chi connectivity index (χ0) is 21.7. The van der Waals surface area contributed by atoms with Crippen LogP contribution in [0.15, 0.2) is 48.5 Å². The molecule has 0 aliphatic rings. The molecule has 0 fully saturated rings. The van der Waals surface area contributed by atoms with Gasteiger partial charge in [0.25, 0.3) is 0 Å². The number of benzene rings is 2. The van der Waals surface area contributed by atoms with Crippen LogP contribution in [0.5, 0.6) is 5.75 Å². The third-order valence-corrected chi connectivity index (χ3v) is 4.83. The lowest BCUT2D eigenvalue weighted by Gasteiger charge is -2.11. The third kappa shape index (κ3) is 5.48. The van der Waals surface area contributed by atoms with E-state index in [1.165, 1.54) is 18.2 Å². The number of alkyl halides is 2. The number of carbonyl (C=O) groups is 1. The Hall–Kier alpha value is -3.13. The summed E-state index contributed by atoms with van der Waals surface area (Å²) >= 11 is 5.90. The van der Waals surface area contributed by atoms with Crippen molar-refractivity contribution in [3.05, 3.63) is 76.1 Å². The maximum Gasteiger partial charge on any atom is 0.387 e. The molecule has 2 N–H and O–H groups in total. The molecule has 0 atom stereocenters. The standard InChI is InChI=1S/C21H21ClF2N4O2/c1-13-17(14(2)28(27-13)12-15-6-4-3-5-7-15)11-25-21(29)26-16-8-9-19(18(22)10-16)30-20(23)24/h3-10,20H,11-12H2,1-2H3,(H2,25,26,29). The van der Waals surface area contributed by atoms with Crippen LogP contribution in [0.25, 0.3) is 0 Å². The number of hydrogen-bond acceptors (Lipinski definition) is 3. The highest BCUT2D eigenvalue weighted by Crippen LogP contribution is 2.28. The maximum atomic E-state index is 12.3. The van der Waals surface area contributed by atoms with E-state index in [9.17, 15) is 13.6 Å². The Morgan fingerprint density at radius 1 is 1.20 bits per heavy atom. The zero-order valence-corrected chi connectivity index (χ0v) is 17.2. The van der Waals surface area contributed by atoms with Crippen LogP contribution in [0.1, 0.15) is 22.5 Å². The van der Waals surface area contributed by atoms with Gasteiger partial charge in [-0.05, 0) is 37.6 Å². The predicted molar refractivity (Wildman–Crippen MR) is 111 cm³/mol. The lowest BCUT2D eigenvalue weighted by Crippen LogP contribution is -2.28. The maximum absolute atomic E-state index is 12.3. The highest BCUT2D eigenvalue weighted by Gasteiger charge is 2.14. The van der Waals surface area contributed by atoms with E-state index in [4.69, 9.17) is 11.6 Å². The quantitative estimate of drug-likeness (QED) is 0.542. The van der Waals surface area contributed by atoms with Crippen LogP contribution in [0.2, 0.25) is 5.02 Å². The van der Waals surface area contributed by atoms with E-state index in [1.807, 2.05) is 48.9 Å². The molecule has 0 radical (unpaired) electrons. The third-order valence-electron chi connectivity index (χ3n) is 4.54. The van der Waals surface area contributed by atoms with Gasteiger partial charge in [0, 0.05) is 23.5 Å². The first-order chi connectivity index (χ1) is 14.3. The van der Waals surface area contributed by atoms with Gasteiger partial charge < -0.3 is 15.4 Å². The molecule has 3 rings (SSSR count). The Balaban J connectivity index is 1.60. The largest absolute Gasteiger partial charge is 0.433 e. The predicted octanol–water partition coefficient (Wildman–Crippen LogP) is 5.12. The fourth-order valence-electron chi connectivity index (χ4n) is 3.01. The molecule has 0 aliphatic carbocycles. The van der Waals surface area contributed by atoms with Crippen LogP contribution in [-0.2, 0) is 13.1 Å². The molecule has 158 valence electrons. The highest BCUT2D eigenvalue weighted by molar-refractivity contribution is 6.32. The van der Waals surface area contributed by atoms with Crippen molar-refractivity contribution in [1.82, 2.24) is 15.1 Å². The molecule has 0 saturated carbocycles. The first-order valence-corrected chi connectivity index (χ1v) is 9.57. The SMILES string of the molecule is Cc1nn(Cc2ccccc2)c(C)c1CNC(=O)Nc1ccc(OC(F)F)c(Cl)c1. The number of anilines is 1. The topological polar surface area (TPSA) is 68.2 Å². The molecular formula is C21H21ClF2N4O2. The van der Waals surface area contributed by atoms with E-state index >= 15 is 0 Å². The van der Waals surface area contributed by atoms with E-state index < -0.39 is 12.6 Å². The van der Waals surface area contributed by atoms with Gasteiger partial charge in [0.1, 0.15) is 5.75 Å². The average Bonchev–Trinajstić information content (AvgIpc) is 2.96. The second-order valence-electron chi connectivity index (χ2n) is 6.62. The summed E-state index contributed by atoms with van der Waals surface area (Å²) in [5.41, 5.74) is 4.22. The summed E-state index contributed by atoms with van der Waals surface area (Å²) in [5, 5.41) is 9.93. The lowest BCUT2D eigenvalue weighted by molar-refractivity contribution is -0.0497. The van der Waals surface area contributed by atoms with Crippen molar-refractivity contribution in [2.75, 3.05) is 5.32 Å². The zero-order valence-electron chi connectivity index (χ0n) is 16.5. The highest BCUT2D eigenvalue weighted by atomic mass is 35.5. The molecule has 1 aromatic heterocycles. The van der Waals surface area contributed by atoms with Crippen LogP contribution in [0.3, 0.4) is 0 Å². The molecule has 0 spiro atoms. The number of rotatable bonds is 7. The van der Waals surface area contributed by atoms with Gasteiger partial charge in [-0.15, -0.1) is 0 Å². The number of urea groups is 1. The summed E-state index contributed by atoms with van der Waals surface area (Å²) in [6.45, 7) is 1.81. The fraction of sp³-hybridized carbons (Fsp3) is 0.238. The molecule has 0 unspecified atom stereocenters. The molecule has 0 aliphatic heterocycles. The Labute approximate surface area is 177 Å². The van der Waals surface area contributed by atoms with Crippen molar-refractivity contribution in [1.29, 1.82) is 0 Å². The van der Waals surface area contributed by atoms with Crippen molar-refractivity contribution < 1.29 is 18.3 Å². The Morgan fingerprint density at radius 3 is 2.60 bits per heavy atom. The molecule has 2 aromatic carbocycles. The minimum atomic E-state index is -2.97. The second kappa shape index (κ2) is 9.58. The van der Waals surface area contributed by atoms with Gasteiger partial charge in [-0.3, -0.25) is 4.68 Å². The van der Waals surface area contributed by atoms with Crippen LogP contribution in [0.4, 0.5) is 19.3 Å². The number of nitrogens with zero attached hydrogens (tertiary/aromatic N) is 2. The number of aryl methyl sites for hydroxylation is 1. The summed E-state index contributed by atoms with van der Waals surface area (Å²) in [5.74, 6) is -0.158. The molecule has 30 heavy (non-hydrogen) atoms. The van der Waals surface area contributed by atoms with E-state index in [-0.39, 0.29) is 10.8 Å². The van der Waals surface area contributed by atoms with Crippen molar-refractivity contribution in [3.8, 4) is 5.75 Å². The van der Waals surface area contributed by atoms with Gasteiger partial charge in [0.2, 0.25) is 0 Å². The molecule has 0 bridgehead atoms. The summed E-state index contributed by atoms with van der Waals surface area (Å²) < 4.78 is 30.8. The van der Waals surface area contributed by atoms with Crippen LogP contribution < -0.4 is 15.4 Å². The number of nitrogens with one attached hydrogen (secondary N) is 2. The van der Waals surface area contributed by atoms with Crippen molar-refractivity contribution in [2.45, 2.75) is 33.5 Å². The van der Waals surface area contributed by atoms with Crippen molar-refractivity contribution in [3.63, 3.8) is 0 Å². The molecule has 2 amide bonds. The van der Waals surface area contributed by atoms with Gasteiger partial charge in [0.15, 0.2) is 0 Å². The van der Waals surface area contributed by atoms with E-state index in [0.717, 1.165) is 22.5 Å². The van der Waals surface area contributed by atoms with Gasteiger partial charge in [-0.25, -0.2) is 4.79 Å². The van der Waals surface area contributed by atoms with Crippen LogP contribution in [0, 0.1) is 13.8 Å². The van der Waals surface area contributed by atoms with Gasteiger partial charge >= 0.3 is 12.6 Å². The molecular weight excluding hydrogens is 414 g/mol. The number of hydrogen-bond donors (Lipinski definition) is 2.